The summed E-state index contributed by atoms with van der Waals surface area (Å²) in [6.45, 7) is 8.03. The highest BCUT2D eigenvalue weighted by Gasteiger charge is 2.28. The molecule has 1 unspecified atom stereocenters. The Hall–Kier alpha value is -1.91. The maximum absolute atomic E-state index is 13.1. The highest BCUT2D eigenvalue weighted by molar-refractivity contribution is 7.09. The number of aryl methyl sites for hydroxylation is 1. The molecule has 0 aliphatic heterocycles. The van der Waals surface area contributed by atoms with Crippen LogP contribution in [-0.4, -0.2) is 23.4 Å². The smallest absolute Gasteiger partial charge is 0.222 e. The summed E-state index contributed by atoms with van der Waals surface area (Å²) in [5.74, 6) is 0.230. The number of hydrogen-bond acceptors (Lipinski definition) is 2. The van der Waals surface area contributed by atoms with Gasteiger partial charge < -0.3 is 9.88 Å². The molecule has 1 aromatic carbocycles. The monoisotopic (exact) mass is 327 g/mol. The van der Waals surface area contributed by atoms with Gasteiger partial charge in [-0.05, 0) is 38.3 Å². The number of carbonyl (C=O) groups is 1. The first-order valence-electron chi connectivity index (χ1n) is 8.10. The molecule has 0 amide bonds. The summed E-state index contributed by atoms with van der Waals surface area (Å²) in [6.07, 6.45) is 0. The molecule has 0 fully saturated rings. The van der Waals surface area contributed by atoms with Crippen molar-refractivity contribution in [3.8, 4) is 0 Å². The molecule has 120 valence electrons. The van der Waals surface area contributed by atoms with Crippen LogP contribution in [0.25, 0.3) is 10.9 Å². The topological polar surface area (TPSA) is 37.3 Å². The molecule has 0 spiro atoms. The first-order valence-corrected chi connectivity index (χ1v) is 8.98. The van der Waals surface area contributed by atoms with E-state index >= 15 is 0 Å². The molecule has 0 saturated heterocycles. The molecular weight excluding hydrogens is 304 g/mol. The molecule has 0 aliphatic rings. The van der Waals surface area contributed by atoms with Crippen LogP contribution >= 0.6 is 11.3 Å². The Kier molecular flexibility index (Phi) is 4.64. The van der Waals surface area contributed by atoms with Gasteiger partial charge in [-0.1, -0.05) is 24.3 Å². The Morgan fingerprint density at radius 1 is 1.26 bits per heavy atom. The van der Waals surface area contributed by atoms with Gasteiger partial charge in [0.15, 0.2) is 0 Å². The highest BCUT2D eigenvalue weighted by Crippen LogP contribution is 2.22. The molecule has 2 atom stereocenters. The van der Waals surface area contributed by atoms with Gasteiger partial charge in [-0.3, -0.25) is 4.79 Å². The lowest BCUT2D eigenvalue weighted by Gasteiger charge is -2.23. The van der Waals surface area contributed by atoms with Crippen LogP contribution in [0.3, 0.4) is 0 Å². The molecule has 3 nitrogen and oxygen atoms in total. The van der Waals surface area contributed by atoms with Gasteiger partial charge in [0.25, 0.3) is 0 Å². The van der Waals surface area contributed by atoms with E-state index in [1.807, 2.05) is 31.2 Å². The molecule has 4 heteroatoms. The van der Waals surface area contributed by atoms with Crippen LogP contribution in [0.5, 0.6) is 0 Å². The predicted molar refractivity (Wildman–Crippen MR) is 96.4 cm³/mol. The summed E-state index contributed by atoms with van der Waals surface area (Å²) in [6, 6.07) is 12.2. The van der Waals surface area contributed by atoms with Crippen LogP contribution < -0.4 is 4.90 Å². The van der Waals surface area contributed by atoms with Gasteiger partial charge in [0, 0.05) is 16.6 Å². The van der Waals surface area contributed by atoms with Crippen LogP contribution in [0.2, 0.25) is 0 Å². The van der Waals surface area contributed by atoms with E-state index in [4.69, 9.17) is 0 Å². The maximum Gasteiger partial charge on any atom is 0.222 e. The third-order valence-electron chi connectivity index (χ3n) is 4.58. The van der Waals surface area contributed by atoms with Crippen molar-refractivity contribution in [1.82, 2.24) is 4.98 Å². The summed E-state index contributed by atoms with van der Waals surface area (Å²) >= 11 is 1.76. The second kappa shape index (κ2) is 6.69. The largest absolute Gasteiger partial charge is 0.358 e. The number of nitrogens with one attached hydrogen (secondary N) is 2. The van der Waals surface area contributed by atoms with E-state index < -0.39 is 0 Å². The van der Waals surface area contributed by atoms with Crippen molar-refractivity contribution in [3.05, 3.63) is 57.9 Å². The highest BCUT2D eigenvalue weighted by atomic mass is 32.1. The van der Waals surface area contributed by atoms with Crippen LogP contribution in [0.4, 0.5) is 0 Å². The van der Waals surface area contributed by atoms with Gasteiger partial charge in [-0.2, -0.15) is 0 Å². The molecule has 0 saturated carbocycles. The molecule has 23 heavy (non-hydrogen) atoms. The fourth-order valence-electron chi connectivity index (χ4n) is 3.22. The van der Waals surface area contributed by atoms with Crippen molar-refractivity contribution < 1.29 is 9.69 Å². The van der Waals surface area contributed by atoms with Gasteiger partial charge in [0.2, 0.25) is 5.78 Å². The predicted octanol–water partition coefficient (Wildman–Crippen LogP) is 3.21. The minimum absolute atomic E-state index is 0.0555. The zero-order valence-electron chi connectivity index (χ0n) is 13.8. The summed E-state index contributed by atoms with van der Waals surface area (Å²) in [4.78, 5) is 19.1. The number of rotatable bonds is 6. The van der Waals surface area contributed by atoms with Crippen LogP contribution in [0, 0.1) is 6.92 Å². The summed E-state index contributed by atoms with van der Waals surface area (Å²) < 4.78 is 0. The molecule has 3 aromatic rings. The number of H-pyrrole nitrogens is 1. The molecule has 2 aromatic heterocycles. The van der Waals surface area contributed by atoms with E-state index in [1.165, 1.54) is 9.78 Å². The second-order valence-corrected chi connectivity index (χ2v) is 7.06. The summed E-state index contributed by atoms with van der Waals surface area (Å²) in [7, 11) is 0. The van der Waals surface area contributed by atoms with Crippen molar-refractivity contribution >= 4 is 28.0 Å². The number of carbonyl (C=O) groups excluding carboxylic acids is 1. The average Bonchev–Trinajstić information content (AvgIpc) is 3.17. The zero-order valence-corrected chi connectivity index (χ0v) is 14.7. The molecule has 2 heterocycles. The lowest BCUT2D eigenvalue weighted by atomic mass is 10.0. The number of para-hydroxylation sites is 1. The van der Waals surface area contributed by atoms with Crippen molar-refractivity contribution in [1.29, 1.82) is 0 Å². The number of quaternary nitrogens is 1. The van der Waals surface area contributed by atoms with Gasteiger partial charge in [-0.25, -0.2) is 0 Å². The molecule has 0 aliphatic carbocycles. The second-order valence-electron chi connectivity index (χ2n) is 6.02. The number of thiophene rings is 1. The molecular formula is C19H23N2OS+. The van der Waals surface area contributed by atoms with Gasteiger partial charge in [-0.15, -0.1) is 11.3 Å². The minimum Gasteiger partial charge on any atom is -0.358 e. The Bertz CT molecular complexity index is 804. The summed E-state index contributed by atoms with van der Waals surface area (Å²) in [5.41, 5.74) is 2.86. The van der Waals surface area contributed by atoms with Crippen molar-refractivity contribution in [2.24, 2.45) is 0 Å². The quantitative estimate of drug-likeness (QED) is 0.670. The van der Waals surface area contributed by atoms with Gasteiger partial charge in [0.1, 0.15) is 12.6 Å². The third-order valence-corrected chi connectivity index (χ3v) is 5.46. The SMILES string of the molecule is CC[NH+](Cc1cccs1)[C@@H](C)C(=O)c1c(C)[nH]c2ccccc12. The standard InChI is InChI=1S/C19H22N2OS/c1-4-21(12-15-8-7-11-23-15)14(3)19(22)18-13(2)20-17-10-6-5-9-16(17)18/h5-11,14,20H,4,12H2,1-3H3/p+1/t14-/m0/s1. The van der Waals surface area contributed by atoms with Crippen molar-refractivity contribution in [2.45, 2.75) is 33.4 Å². The molecule has 2 N–H and O–H groups in total. The number of ketones is 1. The van der Waals surface area contributed by atoms with Gasteiger partial charge in [0.05, 0.1) is 17.0 Å². The van der Waals surface area contributed by atoms with Crippen molar-refractivity contribution in [3.63, 3.8) is 0 Å². The lowest BCUT2D eigenvalue weighted by molar-refractivity contribution is -0.925. The van der Waals surface area contributed by atoms with Crippen LogP contribution in [-0.2, 0) is 6.54 Å². The number of likely N-dealkylation sites (N-methyl/N-ethyl adjacent to an activating group) is 1. The Morgan fingerprint density at radius 3 is 2.74 bits per heavy atom. The number of hydrogen-bond donors (Lipinski definition) is 2. The first kappa shape index (κ1) is 16.0. The molecule has 0 radical (unpaired) electrons. The Morgan fingerprint density at radius 2 is 2.04 bits per heavy atom. The van der Waals surface area contributed by atoms with Crippen LogP contribution in [0.15, 0.2) is 41.8 Å². The van der Waals surface area contributed by atoms with E-state index in [-0.39, 0.29) is 11.8 Å². The number of aromatic nitrogens is 1. The molecule has 0 bridgehead atoms. The number of Topliss-reactive ketones (excluding diaryl/α,β-unsaturated/α-hetero) is 1. The van der Waals surface area contributed by atoms with Crippen LogP contribution in [0.1, 0.15) is 34.8 Å². The van der Waals surface area contributed by atoms with E-state index in [2.05, 4.69) is 36.3 Å². The fraction of sp³-hybridized carbons (Fsp3) is 0.316. The van der Waals surface area contributed by atoms with E-state index in [9.17, 15) is 4.79 Å². The number of benzene rings is 1. The summed E-state index contributed by atoms with van der Waals surface area (Å²) in [5, 5.41) is 3.13. The average molecular weight is 327 g/mol. The van der Waals surface area contributed by atoms with E-state index in [1.54, 1.807) is 11.3 Å². The Balaban J connectivity index is 1.89. The number of fused-ring (bicyclic) bond motifs is 1. The van der Waals surface area contributed by atoms with Crippen molar-refractivity contribution in [2.75, 3.05) is 6.54 Å². The Labute approximate surface area is 140 Å². The van der Waals surface area contributed by atoms with Gasteiger partial charge >= 0.3 is 0 Å². The minimum atomic E-state index is -0.0555. The zero-order chi connectivity index (χ0) is 16.4. The third kappa shape index (κ3) is 3.09. The van der Waals surface area contributed by atoms with E-state index in [0.717, 1.165) is 35.2 Å². The molecule has 3 rings (SSSR count). The first-order chi connectivity index (χ1) is 11.1. The maximum atomic E-state index is 13.1. The normalized spacial score (nSPS) is 14.0. The number of aromatic amines is 1. The van der Waals surface area contributed by atoms with E-state index in [0.29, 0.717) is 0 Å². The fourth-order valence-corrected chi connectivity index (χ4v) is 3.98. The lowest BCUT2D eigenvalue weighted by Crippen LogP contribution is -3.14.